The highest BCUT2D eigenvalue weighted by Gasteiger charge is 2.03. The minimum Gasteiger partial charge on any atom is -0.236 e. The summed E-state index contributed by atoms with van der Waals surface area (Å²) >= 11 is 0. The Morgan fingerprint density at radius 3 is 2.35 bits per heavy atom. The fraction of sp³-hybridized carbons (Fsp3) is 0.111. The van der Waals surface area contributed by atoms with E-state index < -0.39 is 0 Å². The fourth-order valence-electron chi connectivity index (χ4n) is 1.67. The van der Waals surface area contributed by atoms with E-state index in [1.807, 2.05) is 56.3 Å². The topological polar surface area (TPSA) is 25.8 Å². The molecule has 2 heteroatoms. The van der Waals surface area contributed by atoms with Crippen LogP contribution in [0.5, 0.6) is 0 Å². The fourth-order valence-corrected chi connectivity index (χ4v) is 1.67. The molecule has 0 saturated heterocycles. The molecule has 0 fully saturated rings. The summed E-state index contributed by atoms with van der Waals surface area (Å²) in [6.07, 6.45) is 6.93. The zero-order valence-electron chi connectivity index (χ0n) is 12.1. The number of benzene rings is 1. The van der Waals surface area contributed by atoms with Crippen LogP contribution in [0.25, 0.3) is 16.8 Å². The number of rotatable bonds is 4. The molecule has 2 nitrogen and oxygen atoms in total. The standard InChI is InChI=1S/C16H14N2.C2H6/c1-3-8-13(4-2)15-11-16(18-12-17-15)14-9-6-5-7-10-14;1-2/h3-12H,1-2H2;1-2H3/b13-8+;. The molecule has 0 spiro atoms. The van der Waals surface area contributed by atoms with Crippen molar-refractivity contribution in [1.82, 2.24) is 9.97 Å². The first-order valence-electron chi connectivity index (χ1n) is 6.68. The first-order chi connectivity index (χ1) is 9.85. The molecule has 0 atom stereocenters. The van der Waals surface area contributed by atoms with E-state index in [1.165, 1.54) is 0 Å². The van der Waals surface area contributed by atoms with E-state index in [0.29, 0.717) is 0 Å². The third kappa shape index (κ3) is 4.02. The quantitative estimate of drug-likeness (QED) is 0.732. The van der Waals surface area contributed by atoms with Gasteiger partial charge < -0.3 is 0 Å². The molecule has 0 aliphatic carbocycles. The molecule has 0 aliphatic rings. The molecule has 0 N–H and O–H groups in total. The summed E-state index contributed by atoms with van der Waals surface area (Å²) in [5.41, 5.74) is 3.75. The first kappa shape index (κ1) is 15.6. The smallest absolute Gasteiger partial charge is 0.116 e. The number of nitrogens with zero attached hydrogens (tertiary/aromatic N) is 2. The maximum absolute atomic E-state index is 4.29. The minimum absolute atomic E-state index is 0.846. The Kier molecular flexibility index (Phi) is 6.69. The summed E-state index contributed by atoms with van der Waals surface area (Å²) in [6.45, 7) is 11.5. The van der Waals surface area contributed by atoms with Gasteiger partial charge in [0, 0.05) is 5.56 Å². The summed E-state index contributed by atoms with van der Waals surface area (Å²) in [7, 11) is 0. The van der Waals surface area contributed by atoms with Crippen LogP contribution in [0.1, 0.15) is 19.5 Å². The summed E-state index contributed by atoms with van der Waals surface area (Å²) in [5.74, 6) is 0. The number of hydrogen-bond donors (Lipinski definition) is 0. The van der Waals surface area contributed by atoms with E-state index in [9.17, 15) is 0 Å². The third-order valence-corrected chi connectivity index (χ3v) is 2.55. The van der Waals surface area contributed by atoms with Crippen LogP contribution in [0.15, 0.2) is 74.1 Å². The SMILES string of the molecule is C=C/C=C(\C=C)c1cc(-c2ccccc2)ncn1.CC. The highest BCUT2D eigenvalue weighted by molar-refractivity contribution is 5.74. The van der Waals surface area contributed by atoms with Gasteiger partial charge in [0.05, 0.1) is 11.4 Å². The van der Waals surface area contributed by atoms with Gasteiger partial charge in [0.1, 0.15) is 6.33 Å². The maximum atomic E-state index is 4.29. The lowest BCUT2D eigenvalue weighted by Crippen LogP contribution is -1.91. The molecule has 0 aliphatic heterocycles. The van der Waals surface area contributed by atoms with Crippen molar-refractivity contribution in [2.45, 2.75) is 13.8 Å². The van der Waals surface area contributed by atoms with Gasteiger partial charge in [0.25, 0.3) is 0 Å². The van der Waals surface area contributed by atoms with Gasteiger partial charge in [-0.05, 0) is 11.6 Å². The van der Waals surface area contributed by atoms with Crippen molar-refractivity contribution in [1.29, 1.82) is 0 Å². The average Bonchev–Trinajstić information content (AvgIpc) is 2.55. The molecule has 2 aromatic rings. The van der Waals surface area contributed by atoms with Gasteiger partial charge >= 0.3 is 0 Å². The highest BCUT2D eigenvalue weighted by Crippen LogP contribution is 2.20. The van der Waals surface area contributed by atoms with E-state index >= 15 is 0 Å². The van der Waals surface area contributed by atoms with Gasteiger partial charge in [-0.2, -0.15) is 0 Å². The Balaban J connectivity index is 0.000000956. The molecular formula is C18H20N2. The molecule has 0 amide bonds. The van der Waals surface area contributed by atoms with Crippen molar-refractivity contribution in [3.63, 3.8) is 0 Å². The molecule has 0 saturated carbocycles. The second-order valence-corrected chi connectivity index (χ2v) is 3.72. The van der Waals surface area contributed by atoms with Crippen molar-refractivity contribution >= 4 is 5.57 Å². The summed E-state index contributed by atoms with van der Waals surface area (Å²) < 4.78 is 0. The largest absolute Gasteiger partial charge is 0.236 e. The van der Waals surface area contributed by atoms with Crippen molar-refractivity contribution in [3.05, 3.63) is 79.8 Å². The molecule has 1 heterocycles. The van der Waals surface area contributed by atoms with Crippen molar-refractivity contribution < 1.29 is 0 Å². The summed E-state index contributed by atoms with van der Waals surface area (Å²) in [5, 5.41) is 0. The van der Waals surface area contributed by atoms with Gasteiger partial charge in [-0.3, -0.25) is 0 Å². The predicted molar refractivity (Wildman–Crippen MR) is 87.2 cm³/mol. The molecule has 2 rings (SSSR count). The molecule has 1 aromatic carbocycles. The van der Waals surface area contributed by atoms with E-state index in [0.717, 1.165) is 22.5 Å². The predicted octanol–water partition coefficient (Wildman–Crippen LogP) is 4.93. The monoisotopic (exact) mass is 264 g/mol. The molecular weight excluding hydrogens is 244 g/mol. The van der Waals surface area contributed by atoms with Crippen LogP contribution in [0, 0.1) is 0 Å². The first-order valence-corrected chi connectivity index (χ1v) is 6.68. The van der Waals surface area contributed by atoms with Gasteiger partial charge in [0.2, 0.25) is 0 Å². The number of aromatic nitrogens is 2. The minimum atomic E-state index is 0.846. The summed E-state index contributed by atoms with van der Waals surface area (Å²) in [4.78, 5) is 8.54. The lowest BCUT2D eigenvalue weighted by Gasteiger charge is -2.04. The van der Waals surface area contributed by atoms with Crippen LogP contribution in [-0.2, 0) is 0 Å². The van der Waals surface area contributed by atoms with Crippen molar-refractivity contribution in [3.8, 4) is 11.3 Å². The Bertz CT molecular complexity index is 583. The Morgan fingerprint density at radius 2 is 1.75 bits per heavy atom. The molecule has 102 valence electrons. The normalized spacial score (nSPS) is 10.2. The second-order valence-electron chi connectivity index (χ2n) is 3.72. The van der Waals surface area contributed by atoms with Crippen LogP contribution >= 0.6 is 0 Å². The zero-order valence-corrected chi connectivity index (χ0v) is 12.1. The van der Waals surface area contributed by atoms with Crippen molar-refractivity contribution in [2.24, 2.45) is 0 Å². The maximum Gasteiger partial charge on any atom is 0.116 e. The lowest BCUT2D eigenvalue weighted by molar-refractivity contribution is 1.15. The van der Waals surface area contributed by atoms with Crippen LogP contribution in [-0.4, -0.2) is 9.97 Å². The molecule has 0 radical (unpaired) electrons. The van der Waals surface area contributed by atoms with Crippen LogP contribution in [0.2, 0.25) is 0 Å². The Labute approximate surface area is 121 Å². The van der Waals surface area contributed by atoms with Crippen LogP contribution in [0.3, 0.4) is 0 Å². The van der Waals surface area contributed by atoms with Crippen molar-refractivity contribution in [2.75, 3.05) is 0 Å². The van der Waals surface area contributed by atoms with Gasteiger partial charge in [0.15, 0.2) is 0 Å². The Hall–Kier alpha value is -2.48. The van der Waals surface area contributed by atoms with Gasteiger partial charge in [-0.25, -0.2) is 9.97 Å². The molecule has 20 heavy (non-hydrogen) atoms. The average molecular weight is 264 g/mol. The highest BCUT2D eigenvalue weighted by atomic mass is 14.8. The van der Waals surface area contributed by atoms with Gasteiger partial charge in [-0.1, -0.05) is 75.6 Å². The van der Waals surface area contributed by atoms with E-state index in [4.69, 9.17) is 0 Å². The molecule has 0 unspecified atom stereocenters. The lowest BCUT2D eigenvalue weighted by atomic mass is 10.1. The second kappa shape index (κ2) is 8.59. The van der Waals surface area contributed by atoms with E-state index in [-0.39, 0.29) is 0 Å². The Morgan fingerprint density at radius 1 is 1.05 bits per heavy atom. The number of allylic oxidation sites excluding steroid dienone is 4. The molecule has 1 aromatic heterocycles. The third-order valence-electron chi connectivity index (χ3n) is 2.55. The zero-order chi connectivity index (χ0) is 14.8. The number of hydrogen-bond acceptors (Lipinski definition) is 2. The van der Waals surface area contributed by atoms with E-state index in [2.05, 4.69) is 23.1 Å². The van der Waals surface area contributed by atoms with Crippen LogP contribution in [0.4, 0.5) is 0 Å². The van der Waals surface area contributed by atoms with E-state index in [1.54, 1.807) is 18.5 Å². The van der Waals surface area contributed by atoms with Crippen LogP contribution < -0.4 is 0 Å². The molecule has 0 bridgehead atoms. The van der Waals surface area contributed by atoms with Gasteiger partial charge in [-0.15, -0.1) is 0 Å². The summed E-state index contributed by atoms with van der Waals surface area (Å²) in [6, 6.07) is 12.0.